The standard InChI is InChI=1S/C12H11F2N3/c1-7-4-10(14)11(5-9(7)13)17-12-3-2-8(15)6-16-12/h2-6H,15H2,1H3,(H,16,17). The zero-order chi connectivity index (χ0) is 12.4. The fourth-order valence-electron chi connectivity index (χ4n) is 1.36. The van der Waals surface area contributed by atoms with Crippen molar-refractivity contribution in [3.05, 3.63) is 47.7 Å². The molecule has 0 spiro atoms. The molecule has 0 aliphatic rings. The molecular formula is C12H11F2N3. The van der Waals surface area contributed by atoms with Crippen LogP contribution in [0.15, 0.2) is 30.5 Å². The van der Waals surface area contributed by atoms with Gasteiger partial charge < -0.3 is 11.1 Å². The van der Waals surface area contributed by atoms with Crippen molar-refractivity contribution in [2.45, 2.75) is 6.92 Å². The van der Waals surface area contributed by atoms with Crippen molar-refractivity contribution >= 4 is 17.2 Å². The monoisotopic (exact) mass is 235 g/mol. The minimum Gasteiger partial charge on any atom is -0.397 e. The van der Waals surface area contributed by atoms with Crippen molar-refractivity contribution in [1.29, 1.82) is 0 Å². The van der Waals surface area contributed by atoms with Gasteiger partial charge in [0.1, 0.15) is 17.5 Å². The highest BCUT2D eigenvalue weighted by Gasteiger charge is 2.07. The summed E-state index contributed by atoms with van der Waals surface area (Å²) in [6.45, 7) is 1.50. The lowest BCUT2D eigenvalue weighted by atomic mass is 10.2. The topological polar surface area (TPSA) is 50.9 Å². The molecule has 3 nitrogen and oxygen atoms in total. The first-order valence-corrected chi connectivity index (χ1v) is 5.00. The maximum absolute atomic E-state index is 13.5. The Balaban J connectivity index is 2.30. The molecule has 3 N–H and O–H groups in total. The van der Waals surface area contributed by atoms with Gasteiger partial charge in [-0.15, -0.1) is 0 Å². The smallest absolute Gasteiger partial charge is 0.147 e. The van der Waals surface area contributed by atoms with Gasteiger partial charge in [0.2, 0.25) is 0 Å². The van der Waals surface area contributed by atoms with Gasteiger partial charge in [0.15, 0.2) is 0 Å². The van der Waals surface area contributed by atoms with Crippen molar-refractivity contribution in [2.75, 3.05) is 11.1 Å². The van der Waals surface area contributed by atoms with E-state index in [9.17, 15) is 8.78 Å². The summed E-state index contributed by atoms with van der Waals surface area (Å²) in [7, 11) is 0. The SMILES string of the molecule is Cc1cc(F)c(Nc2ccc(N)cn2)cc1F. The summed E-state index contributed by atoms with van der Waals surface area (Å²) in [6.07, 6.45) is 1.44. The molecule has 0 unspecified atom stereocenters. The Morgan fingerprint density at radius 3 is 2.59 bits per heavy atom. The van der Waals surface area contributed by atoms with Crippen LogP contribution in [0.4, 0.5) is 26.0 Å². The molecule has 0 bridgehead atoms. The highest BCUT2D eigenvalue weighted by atomic mass is 19.1. The Morgan fingerprint density at radius 1 is 1.18 bits per heavy atom. The molecule has 0 saturated carbocycles. The first kappa shape index (κ1) is 11.3. The van der Waals surface area contributed by atoms with Crippen molar-refractivity contribution in [3.63, 3.8) is 0 Å². The molecule has 0 radical (unpaired) electrons. The summed E-state index contributed by atoms with van der Waals surface area (Å²) >= 11 is 0. The second-order valence-electron chi connectivity index (χ2n) is 3.68. The number of hydrogen-bond acceptors (Lipinski definition) is 3. The third-order valence-corrected chi connectivity index (χ3v) is 2.30. The average Bonchev–Trinajstić information content (AvgIpc) is 2.29. The first-order chi connectivity index (χ1) is 8.06. The number of nitrogen functional groups attached to an aromatic ring is 1. The normalized spacial score (nSPS) is 10.3. The van der Waals surface area contributed by atoms with Crippen molar-refractivity contribution in [3.8, 4) is 0 Å². The fraction of sp³-hybridized carbons (Fsp3) is 0.0833. The Morgan fingerprint density at radius 2 is 1.94 bits per heavy atom. The lowest BCUT2D eigenvalue weighted by molar-refractivity contribution is 0.595. The van der Waals surface area contributed by atoms with Crippen LogP contribution in [-0.2, 0) is 0 Å². The van der Waals surface area contributed by atoms with Crippen LogP contribution in [0.5, 0.6) is 0 Å². The van der Waals surface area contributed by atoms with Crippen LogP contribution < -0.4 is 11.1 Å². The van der Waals surface area contributed by atoms with Gasteiger partial charge in [-0.2, -0.15) is 0 Å². The Hall–Kier alpha value is -2.17. The lowest BCUT2D eigenvalue weighted by Gasteiger charge is -2.08. The zero-order valence-electron chi connectivity index (χ0n) is 9.17. The zero-order valence-corrected chi connectivity index (χ0v) is 9.17. The van der Waals surface area contributed by atoms with Gasteiger partial charge in [-0.05, 0) is 30.7 Å². The minimum atomic E-state index is -0.525. The largest absolute Gasteiger partial charge is 0.397 e. The predicted molar refractivity (Wildman–Crippen MR) is 63.0 cm³/mol. The van der Waals surface area contributed by atoms with E-state index in [1.165, 1.54) is 13.1 Å². The molecule has 5 heteroatoms. The Bertz CT molecular complexity index is 538. The molecule has 1 heterocycles. The third-order valence-electron chi connectivity index (χ3n) is 2.30. The van der Waals surface area contributed by atoms with E-state index in [0.717, 1.165) is 12.1 Å². The molecule has 0 aliphatic heterocycles. The summed E-state index contributed by atoms with van der Waals surface area (Å²) in [5.41, 5.74) is 6.28. The van der Waals surface area contributed by atoms with Crippen molar-refractivity contribution < 1.29 is 8.78 Å². The molecule has 1 aromatic carbocycles. The Labute approximate surface area is 97.3 Å². The van der Waals surface area contributed by atoms with Gasteiger partial charge in [-0.1, -0.05) is 0 Å². The maximum Gasteiger partial charge on any atom is 0.147 e. The van der Waals surface area contributed by atoms with Gasteiger partial charge >= 0.3 is 0 Å². The first-order valence-electron chi connectivity index (χ1n) is 5.00. The van der Waals surface area contributed by atoms with Crippen LogP contribution in [0.2, 0.25) is 0 Å². The minimum absolute atomic E-state index is 0.0466. The molecule has 0 saturated heterocycles. The Kier molecular flexibility index (Phi) is 2.91. The van der Waals surface area contributed by atoms with Gasteiger partial charge in [-0.3, -0.25) is 0 Å². The number of nitrogens with one attached hydrogen (secondary N) is 1. The summed E-state index contributed by atoms with van der Waals surface area (Å²) in [4.78, 5) is 3.94. The number of aromatic nitrogens is 1. The third kappa shape index (κ3) is 2.50. The predicted octanol–water partition coefficient (Wildman–Crippen LogP) is 2.99. The van der Waals surface area contributed by atoms with Gasteiger partial charge in [0, 0.05) is 6.07 Å². The van der Waals surface area contributed by atoms with Crippen LogP contribution in [0.1, 0.15) is 5.56 Å². The second kappa shape index (κ2) is 4.37. The number of halogens is 2. The van der Waals surface area contributed by atoms with E-state index in [4.69, 9.17) is 5.73 Å². The second-order valence-corrected chi connectivity index (χ2v) is 3.68. The average molecular weight is 235 g/mol. The molecule has 0 fully saturated rings. The molecule has 2 aromatic rings. The molecule has 17 heavy (non-hydrogen) atoms. The number of anilines is 3. The van der Waals surface area contributed by atoms with Gasteiger partial charge in [0.05, 0.1) is 17.6 Å². The molecule has 88 valence electrons. The molecule has 0 aliphatic carbocycles. The molecule has 0 amide bonds. The summed E-state index contributed by atoms with van der Waals surface area (Å²) in [5.74, 6) is -0.590. The van der Waals surface area contributed by atoms with Crippen molar-refractivity contribution in [1.82, 2.24) is 4.98 Å². The molecular weight excluding hydrogens is 224 g/mol. The van der Waals surface area contributed by atoms with Crippen LogP contribution in [-0.4, -0.2) is 4.98 Å². The van der Waals surface area contributed by atoms with Crippen LogP contribution in [0.3, 0.4) is 0 Å². The molecule has 2 rings (SSSR count). The number of nitrogens with zero attached hydrogens (tertiary/aromatic N) is 1. The maximum atomic E-state index is 13.5. The molecule has 1 aromatic heterocycles. The number of aryl methyl sites for hydroxylation is 1. The number of pyridine rings is 1. The van der Waals surface area contributed by atoms with Gasteiger partial charge in [-0.25, -0.2) is 13.8 Å². The highest BCUT2D eigenvalue weighted by Crippen LogP contribution is 2.22. The summed E-state index contributed by atoms with van der Waals surface area (Å²) < 4.78 is 26.8. The fourth-order valence-corrected chi connectivity index (χ4v) is 1.36. The number of benzene rings is 1. The number of hydrogen-bond donors (Lipinski definition) is 2. The van der Waals surface area contributed by atoms with Crippen molar-refractivity contribution in [2.24, 2.45) is 0 Å². The van der Waals surface area contributed by atoms with E-state index in [1.807, 2.05) is 0 Å². The highest BCUT2D eigenvalue weighted by molar-refractivity contribution is 5.58. The van der Waals surface area contributed by atoms with Gasteiger partial charge in [0.25, 0.3) is 0 Å². The van der Waals surface area contributed by atoms with E-state index >= 15 is 0 Å². The molecule has 0 atom stereocenters. The summed E-state index contributed by atoms with van der Waals surface area (Å²) in [5, 5.41) is 2.69. The van der Waals surface area contributed by atoms with E-state index in [0.29, 0.717) is 11.5 Å². The van der Waals surface area contributed by atoms with E-state index < -0.39 is 11.6 Å². The van der Waals surface area contributed by atoms with E-state index in [1.54, 1.807) is 12.1 Å². The van der Waals surface area contributed by atoms with Crippen LogP contribution in [0, 0.1) is 18.6 Å². The lowest BCUT2D eigenvalue weighted by Crippen LogP contribution is -1.98. The van der Waals surface area contributed by atoms with Crippen LogP contribution >= 0.6 is 0 Å². The van der Waals surface area contributed by atoms with E-state index in [2.05, 4.69) is 10.3 Å². The van der Waals surface area contributed by atoms with Crippen LogP contribution in [0.25, 0.3) is 0 Å². The quantitative estimate of drug-likeness (QED) is 0.841. The summed E-state index contributed by atoms with van der Waals surface area (Å²) in [6, 6.07) is 5.45. The number of nitrogens with two attached hydrogens (primary N) is 1. The van der Waals surface area contributed by atoms with E-state index in [-0.39, 0.29) is 11.3 Å². The number of rotatable bonds is 2.